The quantitative estimate of drug-likeness (QED) is 0.0956. The van der Waals surface area contributed by atoms with Gasteiger partial charge in [0.2, 0.25) is 0 Å². The van der Waals surface area contributed by atoms with Crippen molar-refractivity contribution < 1.29 is 0 Å². The molecule has 0 spiro atoms. The molecule has 3 aliphatic carbocycles. The van der Waals surface area contributed by atoms with Gasteiger partial charge in [-0.2, -0.15) is 0 Å². The zero-order valence-corrected chi connectivity index (χ0v) is 43.5. The van der Waals surface area contributed by atoms with E-state index in [4.69, 9.17) is 0 Å². The first-order chi connectivity index (χ1) is 33.3. The molecule has 0 heteroatoms. The van der Waals surface area contributed by atoms with Gasteiger partial charge in [-0.1, -0.05) is 234 Å². The van der Waals surface area contributed by atoms with Crippen molar-refractivity contribution in [2.24, 2.45) is 17.8 Å². The van der Waals surface area contributed by atoms with Gasteiger partial charge in [0, 0.05) is 0 Å². The molecule has 0 N–H and O–H groups in total. The van der Waals surface area contributed by atoms with E-state index in [-0.39, 0.29) is 0 Å². The van der Waals surface area contributed by atoms with Crippen LogP contribution in [0.4, 0.5) is 0 Å². The number of aryl methyl sites for hydroxylation is 3. The van der Waals surface area contributed by atoms with Gasteiger partial charge in [-0.05, 0) is 183 Å². The molecule has 6 aromatic carbocycles. The highest BCUT2D eigenvalue weighted by atomic mass is 14.3. The minimum Gasteiger partial charge on any atom is -0.0654 e. The Labute approximate surface area is 415 Å². The molecule has 0 saturated heterocycles. The zero-order chi connectivity index (χ0) is 47.5. The lowest BCUT2D eigenvalue weighted by molar-refractivity contribution is 0.303. The Bertz CT molecular complexity index is 2160. The average molecular weight is 905 g/mol. The Kier molecular flexibility index (Phi) is 20.3. The lowest BCUT2D eigenvalue weighted by atomic mass is 9.77. The van der Waals surface area contributed by atoms with Gasteiger partial charge in [0.1, 0.15) is 0 Å². The minimum absolute atomic E-state index is 0.791. The molecule has 0 amide bonds. The Morgan fingerprint density at radius 2 is 0.500 bits per heavy atom. The highest BCUT2D eigenvalue weighted by Gasteiger charge is 2.24. The molecule has 3 saturated carbocycles. The van der Waals surface area contributed by atoms with Crippen molar-refractivity contribution in [2.45, 2.75) is 188 Å². The summed E-state index contributed by atoms with van der Waals surface area (Å²) in [4.78, 5) is 0. The standard InChI is InChI=1S/C24H32.2C22H28/c1-3-4-5-6-20-9-13-22(14-10-20)24-17-15-23(16-18-24)21-11-7-19(2)8-12-21;2*1-3-4-18-7-11-20(12-8-18)22-15-13-21(14-16-22)19-9-5-17(2)6-10-19/h7-8,11-12,15-18,20,22H,3-6,9-10,13-14H2,1-2H3;2*5-6,9-10,13-16,18,20H,3-4,7-8,11-12H2,1-2H3. The van der Waals surface area contributed by atoms with Crippen LogP contribution >= 0.6 is 0 Å². The van der Waals surface area contributed by atoms with E-state index >= 15 is 0 Å². The van der Waals surface area contributed by atoms with E-state index in [9.17, 15) is 0 Å². The molecule has 3 aliphatic rings. The molecular formula is C68H88. The predicted octanol–water partition coefficient (Wildman–Crippen LogP) is 21.0. The van der Waals surface area contributed by atoms with E-state index in [1.807, 2.05) is 0 Å². The second-order valence-electron chi connectivity index (χ2n) is 21.7. The van der Waals surface area contributed by atoms with Crippen LogP contribution in [0.1, 0.15) is 200 Å². The molecule has 0 radical (unpaired) electrons. The Morgan fingerprint density at radius 3 is 0.735 bits per heavy atom. The molecule has 3 fully saturated rings. The van der Waals surface area contributed by atoms with Crippen molar-refractivity contribution in [1.82, 2.24) is 0 Å². The van der Waals surface area contributed by atoms with Gasteiger partial charge in [0.15, 0.2) is 0 Å². The molecule has 0 nitrogen and oxygen atoms in total. The second kappa shape index (κ2) is 26.9. The first kappa shape index (κ1) is 51.2. The summed E-state index contributed by atoms with van der Waals surface area (Å²) in [7, 11) is 0. The Hall–Kier alpha value is -4.68. The summed E-state index contributed by atoms with van der Waals surface area (Å²) in [6, 6.07) is 54.5. The fourth-order valence-corrected chi connectivity index (χ4v) is 11.9. The summed E-state index contributed by atoms with van der Waals surface area (Å²) in [5, 5.41) is 0. The van der Waals surface area contributed by atoms with Crippen LogP contribution in [0.25, 0.3) is 33.4 Å². The highest BCUT2D eigenvalue weighted by molar-refractivity contribution is 5.66. The molecule has 0 aromatic heterocycles. The monoisotopic (exact) mass is 905 g/mol. The largest absolute Gasteiger partial charge is 0.0654 e. The molecule has 0 heterocycles. The lowest BCUT2D eigenvalue weighted by Crippen LogP contribution is -2.13. The van der Waals surface area contributed by atoms with Gasteiger partial charge in [0.05, 0.1) is 0 Å². The van der Waals surface area contributed by atoms with Crippen molar-refractivity contribution in [3.8, 4) is 33.4 Å². The van der Waals surface area contributed by atoms with Gasteiger partial charge in [0.25, 0.3) is 0 Å². The first-order valence-corrected chi connectivity index (χ1v) is 27.8. The number of rotatable bonds is 14. The minimum atomic E-state index is 0.791. The van der Waals surface area contributed by atoms with Crippen LogP contribution in [0, 0.1) is 38.5 Å². The highest BCUT2D eigenvalue weighted by Crippen LogP contribution is 2.41. The van der Waals surface area contributed by atoms with Crippen LogP contribution in [0.2, 0.25) is 0 Å². The van der Waals surface area contributed by atoms with E-state index in [1.54, 1.807) is 16.7 Å². The summed E-state index contributed by atoms with van der Waals surface area (Å²) >= 11 is 0. The SMILES string of the molecule is CCCC1CCC(c2ccc(-c3ccc(C)cc3)cc2)CC1.CCCC1CCC(c2ccc(-c3ccc(C)cc3)cc2)CC1.CCCCCC1CCC(c2ccc(-c3ccc(C)cc3)cc2)CC1. The second-order valence-corrected chi connectivity index (χ2v) is 21.7. The summed E-state index contributed by atoms with van der Waals surface area (Å²) in [6.45, 7) is 13.4. The van der Waals surface area contributed by atoms with Gasteiger partial charge < -0.3 is 0 Å². The van der Waals surface area contributed by atoms with Gasteiger partial charge >= 0.3 is 0 Å². The molecule has 0 atom stereocenters. The molecule has 0 aliphatic heterocycles. The Balaban J connectivity index is 0.000000151. The van der Waals surface area contributed by atoms with Crippen molar-refractivity contribution in [2.75, 3.05) is 0 Å². The summed E-state index contributed by atoms with van der Waals surface area (Å²) in [5.41, 5.74) is 16.6. The van der Waals surface area contributed by atoms with Crippen LogP contribution in [-0.2, 0) is 0 Å². The van der Waals surface area contributed by atoms with Crippen LogP contribution < -0.4 is 0 Å². The number of unbranched alkanes of at least 4 members (excludes halogenated alkanes) is 2. The van der Waals surface area contributed by atoms with E-state index in [0.29, 0.717) is 0 Å². The first-order valence-electron chi connectivity index (χ1n) is 27.8. The maximum Gasteiger partial charge on any atom is -0.0162 e. The summed E-state index contributed by atoms with van der Waals surface area (Å²) in [6.07, 6.45) is 28.1. The maximum absolute atomic E-state index is 2.37. The van der Waals surface area contributed by atoms with Crippen LogP contribution in [0.15, 0.2) is 146 Å². The number of hydrogen-bond acceptors (Lipinski definition) is 0. The van der Waals surface area contributed by atoms with Crippen LogP contribution in [0.5, 0.6) is 0 Å². The van der Waals surface area contributed by atoms with E-state index in [1.165, 1.54) is 178 Å². The third kappa shape index (κ3) is 15.4. The Morgan fingerprint density at radius 1 is 0.265 bits per heavy atom. The fourth-order valence-electron chi connectivity index (χ4n) is 11.9. The van der Waals surface area contributed by atoms with Crippen molar-refractivity contribution >= 4 is 0 Å². The summed E-state index contributed by atoms with van der Waals surface area (Å²) in [5.74, 6) is 5.36. The van der Waals surface area contributed by atoms with Crippen LogP contribution in [-0.4, -0.2) is 0 Å². The third-order valence-electron chi connectivity index (χ3n) is 16.5. The summed E-state index contributed by atoms with van der Waals surface area (Å²) < 4.78 is 0. The molecule has 6 aromatic rings. The topological polar surface area (TPSA) is 0 Å². The van der Waals surface area contributed by atoms with Gasteiger partial charge in [-0.3, -0.25) is 0 Å². The predicted molar refractivity (Wildman–Crippen MR) is 298 cm³/mol. The zero-order valence-electron chi connectivity index (χ0n) is 43.5. The molecule has 0 bridgehead atoms. The maximum atomic E-state index is 2.37. The number of benzene rings is 6. The van der Waals surface area contributed by atoms with E-state index in [2.05, 4.69) is 187 Å². The normalized spacial score (nSPS) is 21.4. The van der Waals surface area contributed by atoms with Gasteiger partial charge in [-0.25, -0.2) is 0 Å². The van der Waals surface area contributed by atoms with Crippen molar-refractivity contribution in [3.63, 3.8) is 0 Å². The van der Waals surface area contributed by atoms with Crippen LogP contribution in [0.3, 0.4) is 0 Å². The van der Waals surface area contributed by atoms with E-state index < -0.39 is 0 Å². The fraction of sp³-hybridized carbons (Fsp3) is 0.471. The van der Waals surface area contributed by atoms with Crippen molar-refractivity contribution in [1.29, 1.82) is 0 Å². The molecule has 9 rings (SSSR count). The third-order valence-corrected chi connectivity index (χ3v) is 16.5. The molecular weight excluding hydrogens is 817 g/mol. The number of hydrogen-bond donors (Lipinski definition) is 0. The molecule has 0 unspecified atom stereocenters. The lowest BCUT2D eigenvalue weighted by Gasteiger charge is -2.29. The molecule has 360 valence electrons. The smallest absolute Gasteiger partial charge is 0.0162 e. The average Bonchev–Trinajstić information content (AvgIpc) is 3.39. The van der Waals surface area contributed by atoms with Gasteiger partial charge in [-0.15, -0.1) is 0 Å². The van der Waals surface area contributed by atoms with Crippen molar-refractivity contribution in [3.05, 3.63) is 179 Å². The van der Waals surface area contributed by atoms with E-state index in [0.717, 1.165) is 35.5 Å². The molecule has 68 heavy (non-hydrogen) atoms.